The zero-order valence-corrected chi connectivity index (χ0v) is 18.7. The van der Waals surface area contributed by atoms with Crippen molar-refractivity contribution in [2.75, 3.05) is 31.6 Å². The minimum absolute atomic E-state index is 0.0808. The second kappa shape index (κ2) is 11.7. The van der Waals surface area contributed by atoms with Crippen LogP contribution in [0.15, 0.2) is 42.5 Å². The fourth-order valence-electron chi connectivity index (χ4n) is 2.87. The van der Waals surface area contributed by atoms with E-state index in [4.69, 9.17) is 16.3 Å². The van der Waals surface area contributed by atoms with Crippen molar-refractivity contribution in [2.24, 2.45) is 0 Å². The molecule has 0 fully saturated rings. The molecule has 2 aromatic rings. The number of nitro benzene ring substituents is 1. The lowest BCUT2D eigenvalue weighted by atomic mass is 10.1. The molecule has 0 aliphatic heterocycles. The molecule has 0 spiro atoms. The number of nitro groups is 1. The Bertz CT molecular complexity index is 1020. The van der Waals surface area contributed by atoms with Crippen molar-refractivity contribution < 1.29 is 27.6 Å². The van der Waals surface area contributed by atoms with Crippen LogP contribution < -0.4 is 10.1 Å². The maximum atomic E-state index is 12.7. The average Bonchev–Trinajstić information content (AvgIpc) is 2.75. The van der Waals surface area contributed by atoms with Crippen LogP contribution in [0, 0.1) is 10.1 Å². The van der Waals surface area contributed by atoms with Gasteiger partial charge in [-0.05, 0) is 49.0 Å². The molecule has 0 saturated carbocycles. The summed E-state index contributed by atoms with van der Waals surface area (Å²) < 4.78 is 43.7. The van der Waals surface area contributed by atoms with E-state index >= 15 is 0 Å². The highest BCUT2D eigenvalue weighted by molar-refractivity contribution is 6.32. The van der Waals surface area contributed by atoms with E-state index in [0.29, 0.717) is 6.54 Å². The second-order valence-electron chi connectivity index (χ2n) is 6.87. The Morgan fingerprint density at radius 3 is 2.48 bits per heavy atom. The van der Waals surface area contributed by atoms with Gasteiger partial charge in [-0.1, -0.05) is 31.5 Å². The summed E-state index contributed by atoms with van der Waals surface area (Å²) in [5, 5.41) is 13.7. The van der Waals surface area contributed by atoms with Gasteiger partial charge in [0.25, 0.3) is 0 Å². The van der Waals surface area contributed by atoms with Crippen molar-refractivity contribution in [3.8, 4) is 5.75 Å². The number of nitrogens with one attached hydrogen (secondary N) is 1. The van der Waals surface area contributed by atoms with Crippen LogP contribution >= 0.6 is 11.6 Å². The summed E-state index contributed by atoms with van der Waals surface area (Å²) >= 11 is 5.86. The number of rotatable bonds is 10. The molecule has 1 amide bonds. The molecule has 33 heavy (non-hydrogen) atoms. The van der Waals surface area contributed by atoms with Gasteiger partial charge in [0.2, 0.25) is 5.91 Å². The molecule has 0 unspecified atom stereocenters. The predicted octanol–water partition coefficient (Wildman–Crippen LogP) is 5.64. The topological polar surface area (TPSA) is 84.7 Å². The Morgan fingerprint density at radius 1 is 1.21 bits per heavy atom. The molecule has 0 bridgehead atoms. The number of halogens is 4. The highest BCUT2D eigenvalue weighted by Crippen LogP contribution is 2.33. The zero-order valence-electron chi connectivity index (χ0n) is 18.0. The summed E-state index contributed by atoms with van der Waals surface area (Å²) in [7, 11) is 0. The van der Waals surface area contributed by atoms with Crippen LogP contribution in [0.1, 0.15) is 25.0 Å². The van der Waals surface area contributed by atoms with Crippen molar-refractivity contribution >= 4 is 35.0 Å². The van der Waals surface area contributed by atoms with E-state index in [-0.39, 0.29) is 34.3 Å². The number of alkyl halides is 3. The fourth-order valence-corrected chi connectivity index (χ4v) is 3.12. The standard InChI is InChI=1S/C22H23ClF3N3O4/c1-3-28(4-2)11-12-33-20-9-8-17(14-19(20)29(31)32)27-21(30)10-6-15-5-7-16(13-18(15)23)22(24,25)26/h5-10,13-14H,3-4,11-12H2,1-2H3,(H,27,30). The van der Waals surface area contributed by atoms with Crippen LogP contribution in [0.4, 0.5) is 24.5 Å². The fraction of sp³-hybridized carbons (Fsp3) is 0.318. The molecule has 2 rings (SSSR count). The van der Waals surface area contributed by atoms with Crippen molar-refractivity contribution in [1.29, 1.82) is 0 Å². The molecular formula is C22H23ClF3N3O4. The van der Waals surface area contributed by atoms with Crippen LogP contribution in [-0.4, -0.2) is 42.0 Å². The van der Waals surface area contributed by atoms with E-state index in [9.17, 15) is 28.1 Å². The molecule has 0 aromatic heterocycles. The first-order valence-corrected chi connectivity index (χ1v) is 10.4. The number of benzene rings is 2. The van der Waals surface area contributed by atoms with E-state index in [1.165, 1.54) is 24.3 Å². The third kappa shape index (κ3) is 7.76. The summed E-state index contributed by atoms with van der Waals surface area (Å²) in [6.07, 6.45) is -2.22. The lowest BCUT2D eigenvalue weighted by Gasteiger charge is -2.18. The monoisotopic (exact) mass is 485 g/mol. The van der Waals surface area contributed by atoms with E-state index < -0.39 is 22.6 Å². The summed E-state index contributed by atoms with van der Waals surface area (Å²) in [5.41, 5.74) is -0.836. The molecule has 0 saturated heterocycles. The van der Waals surface area contributed by atoms with Gasteiger partial charge < -0.3 is 15.0 Å². The zero-order chi connectivity index (χ0) is 24.6. The highest BCUT2D eigenvalue weighted by atomic mass is 35.5. The first-order chi connectivity index (χ1) is 15.5. The summed E-state index contributed by atoms with van der Waals surface area (Å²) in [6.45, 7) is 6.55. The van der Waals surface area contributed by atoms with Gasteiger partial charge in [-0.25, -0.2) is 0 Å². The van der Waals surface area contributed by atoms with Crippen molar-refractivity contribution in [3.05, 3.63) is 68.7 Å². The van der Waals surface area contributed by atoms with Crippen molar-refractivity contribution in [1.82, 2.24) is 4.90 Å². The molecule has 0 aliphatic carbocycles. The minimum atomic E-state index is -4.53. The van der Waals surface area contributed by atoms with E-state index in [0.717, 1.165) is 37.4 Å². The minimum Gasteiger partial charge on any atom is -0.485 e. The van der Waals surface area contributed by atoms with Crippen LogP contribution in [0.25, 0.3) is 6.08 Å². The maximum absolute atomic E-state index is 12.7. The molecule has 178 valence electrons. The lowest BCUT2D eigenvalue weighted by molar-refractivity contribution is -0.385. The summed E-state index contributed by atoms with van der Waals surface area (Å²) in [4.78, 5) is 25.1. The Kier molecular flexibility index (Phi) is 9.24. The Balaban J connectivity index is 2.07. The SMILES string of the molecule is CCN(CC)CCOc1ccc(NC(=O)C=Cc2ccc(C(F)(F)F)cc2Cl)cc1[N+](=O)[O-]. The quantitative estimate of drug-likeness (QED) is 0.267. The molecule has 1 N–H and O–H groups in total. The first-order valence-electron chi connectivity index (χ1n) is 10.0. The molecule has 0 radical (unpaired) electrons. The van der Waals surface area contributed by atoms with Crippen LogP contribution in [0.3, 0.4) is 0 Å². The Morgan fingerprint density at radius 2 is 1.91 bits per heavy atom. The molecule has 7 nitrogen and oxygen atoms in total. The predicted molar refractivity (Wildman–Crippen MR) is 120 cm³/mol. The van der Waals surface area contributed by atoms with Crippen LogP contribution in [-0.2, 0) is 11.0 Å². The van der Waals surface area contributed by atoms with Gasteiger partial charge in [-0.2, -0.15) is 13.2 Å². The number of hydrogen-bond acceptors (Lipinski definition) is 5. The van der Waals surface area contributed by atoms with E-state index in [1.807, 2.05) is 13.8 Å². The first kappa shape index (κ1) is 26.1. The second-order valence-corrected chi connectivity index (χ2v) is 7.28. The molecule has 0 heterocycles. The van der Waals surface area contributed by atoms with Gasteiger partial charge in [0, 0.05) is 29.4 Å². The molecule has 0 atom stereocenters. The van der Waals surface area contributed by atoms with Crippen LogP contribution in [0.2, 0.25) is 5.02 Å². The Hall–Kier alpha value is -3.11. The smallest absolute Gasteiger partial charge is 0.416 e. The molecule has 2 aromatic carbocycles. The summed E-state index contributed by atoms with van der Waals surface area (Å²) in [5.74, 6) is -0.562. The van der Waals surface area contributed by atoms with Gasteiger partial charge in [0.05, 0.1) is 10.5 Å². The van der Waals surface area contributed by atoms with Gasteiger partial charge in [0.15, 0.2) is 5.75 Å². The number of hydrogen-bond donors (Lipinski definition) is 1. The highest BCUT2D eigenvalue weighted by Gasteiger charge is 2.30. The van der Waals surface area contributed by atoms with Gasteiger partial charge in [0.1, 0.15) is 6.61 Å². The normalized spacial score (nSPS) is 11.7. The number of ether oxygens (including phenoxy) is 1. The van der Waals surface area contributed by atoms with Gasteiger partial charge in [-0.3, -0.25) is 14.9 Å². The lowest BCUT2D eigenvalue weighted by Crippen LogP contribution is -2.28. The largest absolute Gasteiger partial charge is 0.485 e. The third-order valence-electron chi connectivity index (χ3n) is 4.72. The number of amides is 1. The molecular weight excluding hydrogens is 463 g/mol. The maximum Gasteiger partial charge on any atom is 0.416 e. The number of nitrogens with zero attached hydrogens (tertiary/aromatic N) is 2. The van der Waals surface area contributed by atoms with E-state index in [1.54, 1.807) is 0 Å². The number of anilines is 1. The molecule has 0 aliphatic rings. The third-order valence-corrected chi connectivity index (χ3v) is 5.05. The van der Waals surface area contributed by atoms with Crippen molar-refractivity contribution in [2.45, 2.75) is 20.0 Å². The Labute approximate surface area is 193 Å². The molecule has 11 heteroatoms. The average molecular weight is 486 g/mol. The number of likely N-dealkylation sites (N-methyl/N-ethyl adjacent to an activating group) is 1. The van der Waals surface area contributed by atoms with E-state index in [2.05, 4.69) is 10.2 Å². The summed E-state index contributed by atoms with van der Waals surface area (Å²) in [6, 6.07) is 6.78. The number of carbonyl (C=O) groups excluding carboxylic acids is 1. The number of carbonyl (C=O) groups is 1. The van der Waals surface area contributed by atoms with Gasteiger partial charge >= 0.3 is 11.9 Å². The van der Waals surface area contributed by atoms with Crippen molar-refractivity contribution in [3.63, 3.8) is 0 Å². The van der Waals surface area contributed by atoms with Gasteiger partial charge in [-0.15, -0.1) is 0 Å². The van der Waals surface area contributed by atoms with Crippen LogP contribution in [0.5, 0.6) is 5.75 Å².